The lowest BCUT2D eigenvalue weighted by atomic mass is 10.1. The van der Waals surface area contributed by atoms with Gasteiger partial charge in [0.15, 0.2) is 5.78 Å². The molecule has 23 heavy (non-hydrogen) atoms. The van der Waals surface area contributed by atoms with Crippen LogP contribution >= 0.6 is 0 Å². The highest BCUT2D eigenvalue weighted by Crippen LogP contribution is 2.23. The van der Waals surface area contributed by atoms with Crippen LogP contribution in [0.5, 0.6) is 11.5 Å². The van der Waals surface area contributed by atoms with Crippen LogP contribution in [0.25, 0.3) is 0 Å². The summed E-state index contributed by atoms with van der Waals surface area (Å²) in [7, 11) is 0. The second-order valence-electron chi connectivity index (χ2n) is 5.55. The largest absolute Gasteiger partial charge is 0.506 e. The molecule has 0 saturated carbocycles. The van der Waals surface area contributed by atoms with Crippen LogP contribution in [0.1, 0.15) is 29.8 Å². The first-order valence-electron chi connectivity index (χ1n) is 7.49. The number of allylic oxidation sites excluding steroid dienone is 1. The van der Waals surface area contributed by atoms with Crippen molar-refractivity contribution in [2.75, 3.05) is 5.32 Å². The second-order valence-corrected chi connectivity index (χ2v) is 5.55. The number of carbonyl (C=O) groups excluding carboxylic acids is 1. The summed E-state index contributed by atoms with van der Waals surface area (Å²) < 4.78 is 5.54. The minimum Gasteiger partial charge on any atom is -0.506 e. The number of hydrogen-bond acceptors (Lipinski definition) is 4. The van der Waals surface area contributed by atoms with Gasteiger partial charge in [-0.25, -0.2) is 0 Å². The highest BCUT2D eigenvalue weighted by Gasteiger charge is 2.04. The van der Waals surface area contributed by atoms with Crippen molar-refractivity contribution in [2.24, 2.45) is 0 Å². The summed E-state index contributed by atoms with van der Waals surface area (Å²) >= 11 is 0. The molecule has 0 aliphatic carbocycles. The Hall–Kier alpha value is -2.75. The fourth-order valence-corrected chi connectivity index (χ4v) is 2.04. The van der Waals surface area contributed by atoms with E-state index in [1.807, 2.05) is 26.8 Å². The van der Waals surface area contributed by atoms with Crippen molar-refractivity contribution in [3.05, 3.63) is 65.9 Å². The number of rotatable bonds is 6. The molecule has 0 amide bonds. The van der Waals surface area contributed by atoms with E-state index in [9.17, 15) is 9.90 Å². The van der Waals surface area contributed by atoms with Crippen LogP contribution in [-0.2, 0) is 0 Å². The molecule has 2 rings (SSSR count). The molecular formula is C19H21NO3. The smallest absolute Gasteiger partial charge is 0.187 e. The van der Waals surface area contributed by atoms with Gasteiger partial charge in [0.25, 0.3) is 0 Å². The molecule has 0 unspecified atom stereocenters. The van der Waals surface area contributed by atoms with E-state index in [2.05, 4.69) is 5.32 Å². The maximum Gasteiger partial charge on any atom is 0.187 e. The molecule has 0 aliphatic heterocycles. The number of phenols is 1. The number of ketones is 1. The Kier molecular flexibility index (Phi) is 5.41. The summed E-state index contributed by atoms with van der Waals surface area (Å²) in [5.41, 5.74) is 2.10. The average Bonchev–Trinajstić information content (AvgIpc) is 2.49. The average molecular weight is 311 g/mol. The van der Waals surface area contributed by atoms with Crippen molar-refractivity contribution < 1.29 is 14.6 Å². The van der Waals surface area contributed by atoms with E-state index < -0.39 is 0 Å². The number of aryl methyl sites for hydroxylation is 1. The van der Waals surface area contributed by atoms with E-state index in [-0.39, 0.29) is 17.6 Å². The third-order valence-corrected chi connectivity index (χ3v) is 3.14. The van der Waals surface area contributed by atoms with Gasteiger partial charge in [-0.1, -0.05) is 6.07 Å². The molecule has 0 aromatic heterocycles. The van der Waals surface area contributed by atoms with Crippen LogP contribution in [0.2, 0.25) is 0 Å². The van der Waals surface area contributed by atoms with Crippen molar-refractivity contribution in [1.29, 1.82) is 0 Å². The molecule has 0 spiro atoms. The quantitative estimate of drug-likeness (QED) is 0.474. The zero-order valence-corrected chi connectivity index (χ0v) is 13.5. The molecule has 0 heterocycles. The van der Waals surface area contributed by atoms with Crippen molar-refractivity contribution in [1.82, 2.24) is 0 Å². The van der Waals surface area contributed by atoms with Crippen LogP contribution < -0.4 is 10.1 Å². The van der Waals surface area contributed by atoms with Gasteiger partial charge in [-0.05, 0) is 62.7 Å². The number of carbonyl (C=O) groups is 1. The zero-order valence-electron chi connectivity index (χ0n) is 13.5. The first kappa shape index (κ1) is 16.6. The summed E-state index contributed by atoms with van der Waals surface area (Å²) in [6, 6.07) is 12.3. The van der Waals surface area contributed by atoms with Crippen LogP contribution in [0.15, 0.2) is 54.7 Å². The van der Waals surface area contributed by atoms with Crippen molar-refractivity contribution in [3.8, 4) is 11.5 Å². The van der Waals surface area contributed by atoms with Gasteiger partial charge in [0, 0.05) is 17.8 Å². The van der Waals surface area contributed by atoms with E-state index in [1.165, 1.54) is 12.3 Å². The molecule has 2 aromatic carbocycles. The minimum absolute atomic E-state index is 0.0998. The first-order chi connectivity index (χ1) is 11.0. The van der Waals surface area contributed by atoms with Gasteiger partial charge >= 0.3 is 0 Å². The number of phenolic OH excluding ortho intramolecular Hbond substituents is 1. The van der Waals surface area contributed by atoms with Gasteiger partial charge in [0.2, 0.25) is 0 Å². The van der Waals surface area contributed by atoms with E-state index in [0.717, 1.165) is 11.3 Å². The molecule has 0 bridgehead atoms. The van der Waals surface area contributed by atoms with Crippen molar-refractivity contribution in [3.63, 3.8) is 0 Å². The number of ether oxygens (including phenoxy) is 1. The van der Waals surface area contributed by atoms with Gasteiger partial charge in [-0.15, -0.1) is 0 Å². The van der Waals surface area contributed by atoms with Crippen molar-refractivity contribution >= 4 is 11.5 Å². The van der Waals surface area contributed by atoms with Crippen LogP contribution in [0.3, 0.4) is 0 Å². The number of anilines is 1. The van der Waals surface area contributed by atoms with Crippen LogP contribution in [0, 0.1) is 6.92 Å². The molecule has 2 aromatic rings. The predicted octanol–water partition coefficient (Wildman–Crippen LogP) is 4.30. The van der Waals surface area contributed by atoms with Gasteiger partial charge in [0.1, 0.15) is 11.5 Å². The molecule has 0 fully saturated rings. The third-order valence-electron chi connectivity index (χ3n) is 3.14. The van der Waals surface area contributed by atoms with Gasteiger partial charge in [0.05, 0.1) is 11.8 Å². The highest BCUT2D eigenvalue weighted by atomic mass is 16.5. The molecule has 120 valence electrons. The van der Waals surface area contributed by atoms with Gasteiger partial charge in [-0.3, -0.25) is 4.79 Å². The number of benzene rings is 2. The van der Waals surface area contributed by atoms with E-state index in [1.54, 1.807) is 36.4 Å². The number of hydrogen-bond donors (Lipinski definition) is 2. The lowest BCUT2D eigenvalue weighted by Gasteiger charge is -2.09. The topological polar surface area (TPSA) is 58.6 Å². The van der Waals surface area contributed by atoms with Crippen LogP contribution in [0.4, 0.5) is 5.69 Å². The Morgan fingerprint density at radius 2 is 1.87 bits per heavy atom. The maximum atomic E-state index is 12.1. The van der Waals surface area contributed by atoms with Crippen LogP contribution in [-0.4, -0.2) is 17.0 Å². The standard InChI is InChI=1S/C19H21NO3/c1-13(2)23-16-7-5-15(6-8-16)18(21)10-11-20-17-9-4-14(3)12-19(17)22/h4-13,20,22H,1-3H3/b11-10+. The minimum atomic E-state index is -0.125. The lowest BCUT2D eigenvalue weighted by Crippen LogP contribution is -2.05. The fraction of sp³-hybridized carbons (Fsp3) is 0.211. The van der Waals surface area contributed by atoms with E-state index >= 15 is 0 Å². The Labute approximate surface area is 136 Å². The molecule has 0 saturated heterocycles. The second kappa shape index (κ2) is 7.49. The summed E-state index contributed by atoms with van der Waals surface area (Å²) in [6.45, 7) is 5.80. The summed E-state index contributed by atoms with van der Waals surface area (Å²) in [6.07, 6.45) is 3.05. The van der Waals surface area contributed by atoms with Gasteiger partial charge < -0.3 is 15.2 Å². The Bertz CT molecular complexity index is 703. The molecule has 2 N–H and O–H groups in total. The molecule has 0 aliphatic rings. The van der Waals surface area contributed by atoms with E-state index in [4.69, 9.17) is 4.74 Å². The predicted molar refractivity (Wildman–Crippen MR) is 92.1 cm³/mol. The molecule has 4 heteroatoms. The van der Waals surface area contributed by atoms with Crippen molar-refractivity contribution in [2.45, 2.75) is 26.9 Å². The Morgan fingerprint density at radius 1 is 1.17 bits per heavy atom. The van der Waals surface area contributed by atoms with E-state index in [0.29, 0.717) is 11.3 Å². The zero-order chi connectivity index (χ0) is 16.8. The fourth-order valence-electron chi connectivity index (χ4n) is 2.04. The normalized spacial score (nSPS) is 11.0. The maximum absolute atomic E-state index is 12.1. The molecule has 0 atom stereocenters. The first-order valence-corrected chi connectivity index (χ1v) is 7.49. The number of aromatic hydroxyl groups is 1. The summed E-state index contributed by atoms with van der Waals surface area (Å²) in [5, 5.41) is 12.7. The Balaban J connectivity index is 1.98. The number of nitrogens with one attached hydrogen (secondary N) is 1. The SMILES string of the molecule is Cc1ccc(N/C=C/C(=O)c2ccc(OC(C)C)cc2)c(O)c1. The monoisotopic (exact) mass is 311 g/mol. The lowest BCUT2D eigenvalue weighted by molar-refractivity contribution is 0.104. The summed E-state index contributed by atoms with van der Waals surface area (Å²) in [5.74, 6) is 0.765. The molecular weight excluding hydrogens is 290 g/mol. The molecule has 4 nitrogen and oxygen atoms in total. The van der Waals surface area contributed by atoms with Gasteiger partial charge in [-0.2, -0.15) is 0 Å². The summed E-state index contributed by atoms with van der Waals surface area (Å²) in [4.78, 5) is 12.1. The molecule has 0 radical (unpaired) electrons. The third kappa shape index (κ3) is 4.88. The highest BCUT2D eigenvalue weighted by molar-refractivity contribution is 6.04. The Morgan fingerprint density at radius 3 is 2.48 bits per heavy atom.